The molecule has 3 aromatic carbocycles. The molecule has 0 atom stereocenters. The van der Waals surface area contributed by atoms with Crippen LogP contribution in [-0.2, 0) is 6.54 Å². The molecule has 6 heteroatoms. The van der Waals surface area contributed by atoms with Crippen molar-refractivity contribution < 1.29 is 4.79 Å². The number of rotatable bonds is 5. The highest BCUT2D eigenvalue weighted by molar-refractivity contribution is 5.96. The third-order valence-corrected chi connectivity index (χ3v) is 4.49. The Morgan fingerprint density at radius 2 is 1.64 bits per heavy atom. The summed E-state index contributed by atoms with van der Waals surface area (Å²) in [5, 5.41) is 11.4. The summed E-state index contributed by atoms with van der Waals surface area (Å²) < 4.78 is 1.56. The molecule has 0 aliphatic carbocycles. The molecule has 0 N–H and O–H groups in total. The summed E-state index contributed by atoms with van der Waals surface area (Å²) >= 11 is 0. The van der Waals surface area contributed by atoms with E-state index in [-0.39, 0.29) is 5.91 Å². The lowest BCUT2D eigenvalue weighted by Gasteiger charge is -2.18. The molecule has 0 spiro atoms. The van der Waals surface area contributed by atoms with Crippen molar-refractivity contribution in [3.63, 3.8) is 0 Å². The SMILES string of the molecule is CN(Cc1ccccc1)C(=O)c1cc(-c2ccccc2)cc(-n2cnnn2)c1. The zero-order valence-electron chi connectivity index (χ0n) is 15.4. The van der Waals surface area contributed by atoms with Gasteiger partial charge in [-0.3, -0.25) is 4.79 Å². The van der Waals surface area contributed by atoms with Crippen LogP contribution in [0, 0.1) is 0 Å². The normalized spacial score (nSPS) is 10.6. The van der Waals surface area contributed by atoms with Gasteiger partial charge in [-0.25, -0.2) is 4.68 Å². The van der Waals surface area contributed by atoms with Crippen molar-refractivity contribution in [1.82, 2.24) is 25.1 Å². The minimum atomic E-state index is -0.0593. The van der Waals surface area contributed by atoms with Gasteiger partial charge in [-0.1, -0.05) is 60.7 Å². The van der Waals surface area contributed by atoms with E-state index in [1.165, 1.54) is 6.33 Å². The zero-order valence-corrected chi connectivity index (χ0v) is 15.4. The Bertz CT molecular complexity index is 1060. The Morgan fingerprint density at radius 1 is 0.929 bits per heavy atom. The first-order valence-corrected chi connectivity index (χ1v) is 8.94. The summed E-state index contributed by atoms with van der Waals surface area (Å²) in [5.74, 6) is -0.0593. The maximum atomic E-state index is 13.1. The van der Waals surface area contributed by atoms with E-state index < -0.39 is 0 Å². The predicted octanol–water partition coefficient (Wildman–Crippen LogP) is 3.60. The van der Waals surface area contributed by atoms with Gasteiger partial charge in [0.2, 0.25) is 0 Å². The van der Waals surface area contributed by atoms with Gasteiger partial charge in [-0.15, -0.1) is 5.10 Å². The Labute approximate surface area is 163 Å². The average Bonchev–Trinajstić information content (AvgIpc) is 3.29. The largest absolute Gasteiger partial charge is 0.337 e. The highest BCUT2D eigenvalue weighted by Gasteiger charge is 2.15. The van der Waals surface area contributed by atoms with Crippen LogP contribution < -0.4 is 0 Å². The summed E-state index contributed by atoms with van der Waals surface area (Å²) in [5.41, 5.74) is 4.37. The lowest BCUT2D eigenvalue weighted by molar-refractivity contribution is 0.0785. The first kappa shape index (κ1) is 17.6. The lowest BCUT2D eigenvalue weighted by atomic mass is 10.0. The van der Waals surface area contributed by atoms with Crippen molar-refractivity contribution in [3.05, 3.63) is 96.3 Å². The molecule has 1 amide bonds. The number of carbonyl (C=O) groups is 1. The third-order valence-electron chi connectivity index (χ3n) is 4.49. The van der Waals surface area contributed by atoms with Crippen LogP contribution >= 0.6 is 0 Å². The Balaban J connectivity index is 1.71. The molecule has 0 fully saturated rings. The molecule has 0 saturated heterocycles. The second-order valence-corrected chi connectivity index (χ2v) is 6.54. The van der Waals surface area contributed by atoms with E-state index in [2.05, 4.69) is 15.5 Å². The van der Waals surface area contributed by atoms with Crippen LogP contribution in [0.15, 0.2) is 85.2 Å². The van der Waals surface area contributed by atoms with Crippen molar-refractivity contribution >= 4 is 5.91 Å². The van der Waals surface area contributed by atoms with Gasteiger partial charge in [0.05, 0.1) is 5.69 Å². The minimum absolute atomic E-state index is 0.0593. The number of nitrogens with zero attached hydrogens (tertiary/aromatic N) is 5. The maximum absolute atomic E-state index is 13.1. The monoisotopic (exact) mass is 369 g/mol. The molecular weight excluding hydrogens is 350 g/mol. The molecule has 0 aliphatic heterocycles. The zero-order chi connectivity index (χ0) is 19.3. The first-order valence-electron chi connectivity index (χ1n) is 8.94. The number of hydrogen-bond donors (Lipinski definition) is 0. The van der Waals surface area contributed by atoms with Gasteiger partial charge in [0.25, 0.3) is 5.91 Å². The molecule has 4 aromatic rings. The van der Waals surface area contributed by atoms with Crippen LogP contribution in [0.3, 0.4) is 0 Å². The summed E-state index contributed by atoms with van der Waals surface area (Å²) in [4.78, 5) is 14.8. The maximum Gasteiger partial charge on any atom is 0.253 e. The summed E-state index contributed by atoms with van der Waals surface area (Å²) in [6, 6.07) is 25.6. The average molecular weight is 369 g/mol. The molecule has 28 heavy (non-hydrogen) atoms. The molecule has 138 valence electrons. The summed E-state index contributed by atoms with van der Waals surface area (Å²) in [6.07, 6.45) is 1.52. The highest BCUT2D eigenvalue weighted by Crippen LogP contribution is 2.24. The Morgan fingerprint density at radius 3 is 2.32 bits per heavy atom. The van der Waals surface area contributed by atoms with Gasteiger partial charge in [0.15, 0.2) is 0 Å². The van der Waals surface area contributed by atoms with Crippen LogP contribution in [0.1, 0.15) is 15.9 Å². The topological polar surface area (TPSA) is 63.9 Å². The smallest absolute Gasteiger partial charge is 0.253 e. The fourth-order valence-electron chi connectivity index (χ4n) is 3.09. The fraction of sp³-hybridized carbons (Fsp3) is 0.0909. The molecule has 1 heterocycles. The van der Waals surface area contributed by atoms with Gasteiger partial charge < -0.3 is 4.90 Å². The van der Waals surface area contributed by atoms with Crippen molar-refractivity contribution in [1.29, 1.82) is 0 Å². The van der Waals surface area contributed by atoms with Crippen LogP contribution in [-0.4, -0.2) is 38.1 Å². The number of tetrazole rings is 1. The molecule has 6 nitrogen and oxygen atoms in total. The molecular formula is C22H19N5O. The Kier molecular flexibility index (Phi) is 4.93. The summed E-state index contributed by atoms with van der Waals surface area (Å²) in [7, 11) is 1.81. The van der Waals surface area contributed by atoms with Crippen LogP contribution in [0.2, 0.25) is 0 Å². The van der Waals surface area contributed by atoms with Gasteiger partial charge >= 0.3 is 0 Å². The van der Waals surface area contributed by atoms with Crippen LogP contribution in [0.4, 0.5) is 0 Å². The van der Waals surface area contributed by atoms with E-state index in [9.17, 15) is 4.79 Å². The molecule has 0 unspecified atom stereocenters. The van der Waals surface area contributed by atoms with E-state index in [1.807, 2.05) is 78.9 Å². The van der Waals surface area contributed by atoms with Crippen molar-refractivity contribution in [2.75, 3.05) is 7.05 Å². The third kappa shape index (κ3) is 3.81. The van der Waals surface area contributed by atoms with E-state index in [4.69, 9.17) is 0 Å². The summed E-state index contributed by atoms with van der Waals surface area (Å²) in [6.45, 7) is 0.537. The van der Waals surface area contributed by atoms with Gasteiger partial charge in [0.1, 0.15) is 6.33 Å². The van der Waals surface area contributed by atoms with Gasteiger partial charge in [-0.2, -0.15) is 0 Å². The number of aromatic nitrogens is 4. The van der Waals surface area contributed by atoms with Crippen molar-refractivity contribution in [2.45, 2.75) is 6.54 Å². The number of hydrogen-bond acceptors (Lipinski definition) is 4. The molecule has 0 bridgehead atoms. The van der Waals surface area contributed by atoms with Crippen LogP contribution in [0.5, 0.6) is 0 Å². The number of amides is 1. The van der Waals surface area contributed by atoms with E-state index in [1.54, 1.807) is 16.6 Å². The van der Waals surface area contributed by atoms with Crippen molar-refractivity contribution in [2.24, 2.45) is 0 Å². The standard InChI is InChI=1S/C22H19N5O/c1-26(15-17-8-4-2-5-9-17)22(28)20-12-19(18-10-6-3-7-11-18)13-21(14-20)27-16-23-24-25-27/h2-14,16H,15H2,1H3. The van der Waals surface area contributed by atoms with Crippen molar-refractivity contribution in [3.8, 4) is 16.8 Å². The second kappa shape index (κ2) is 7.84. The number of benzene rings is 3. The Hall–Kier alpha value is -3.80. The van der Waals surface area contributed by atoms with Crippen LogP contribution in [0.25, 0.3) is 16.8 Å². The lowest BCUT2D eigenvalue weighted by Crippen LogP contribution is -2.26. The molecule has 0 aliphatic rings. The van der Waals surface area contributed by atoms with E-state index in [0.717, 1.165) is 22.4 Å². The first-order chi connectivity index (χ1) is 13.7. The molecule has 0 saturated carbocycles. The van der Waals surface area contributed by atoms with E-state index >= 15 is 0 Å². The quantitative estimate of drug-likeness (QED) is 0.539. The molecule has 1 aromatic heterocycles. The van der Waals surface area contributed by atoms with Gasteiger partial charge in [-0.05, 0) is 45.3 Å². The predicted molar refractivity (Wildman–Crippen MR) is 107 cm³/mol. The van der Waals surface area contributed by atoms with Gasteiger partial charge in [0, 0.05) is 19.2 Å². The fourth-order valence-corrected chi connectivity index (χ4v) is 3.09. The second-order valence-electron chi connectivity index (χ2n) is 6.54. The molecule has 4 rings (SSSR count). The minimum Gasteiger partial charge on any atom is -0.337 e. The number of carbonyl (C=O) groups excluding carboxylic acids is 1. The molecule has 0 radical (unpaired) electrons. The highest BCUT2D eigenvalue weighted by atomic mass is 16.2. The van der Waals surface area contributed by atoms with E-state index in [0.29, 0.717) is 12.1 Å².